The summed E-state index contributed by atoms with van der Waals surface area (Å²) >= 11 is 0. The third kappa shape index (κ3) is 28.4. The van der Waals surface area contributed by atoms with E-state index < -0.39 is 26.5 Å². The van der Waals surface area contributed by atoms with Crippen LogP contribution in [0.25, 0.3) is 0 Å². The minimum Gasteiger partial charge on any atom is -0.462 e. The van der Waals surface area contributed by atoms with Crippen LogP contribution in [0, 0.1) is 0 Å². The van der Waals surface area contributed by atoms with Crippen LogP contribution in [0.3, 0.4) is 0 Å². The molecule has 8 nitrogen and oxygen atoms in total. The van der Waals surface area contributed by atoms with Crippen molar-refractivity contribution >= 4 is 19.8 Å². The summed E-state index contributed by atoms with van der Waals surface area (Å²) in [5.41, 5.74) is 0. The van der Waals surface area contributed by atoms with Gasteiger partial charge >= 0.3 is 19.8 Å². The molecule has 0 saturated carbocycles. The van der Waals surface area contributed by atoms with E-state index in [-0.39, 0.29) is 25.4 Å². The molecule has 1 N–H and O–H groups in total. The van der Waals surface area contributed by atoms with Crippen LogP contribution in [0.4, 0.5) is 0 Å². The van der Waals surface area contributed by atoms with Crippen LogP contribution in [0.15, 0.2) is 24.3 Å². The topological polar surface area (TPSA) is 108 Å². The molecule has 0 fully saturated rings. The predicted octanol–water partition coefficient (Wildman–Crippen LogP) is 9.16. The Bertz CT molecular complexity index is 737. The lowest BCUT2D eigenvalue weighted by Gasteiger charge is -2.19. The fraction of sp³-hybridized carbons (Fsp3) is 0.812. The third-order valence-corrected chi connectivity index (χ3v) is 7.60. The molecule has 0 saturated heterocycles. The van der Waals surface area contributed by atoms with Crippen molar-refractivity contribution in [2.45, 2.75) is 148 Å². The number of esters is 2. The number of hydrogen-bond acceptors (Lipinski definition) is 7. The highest BCUT2D eigenvalue weighted by molar-refractivity contribution is 7.47. The molecule has 0 aromatic rings. The number of hydrogen-bond donors (Lipinski definition) is 1. The molecule has 240 valence electrons. The number of rotatable bonds is 29. The quantitative estimate of drug-likeness (QED) is 0.0391. The Hall–Kier alpha value is -1.47. The molecule has 2 unspecified atom stereocenters. The second kappa shape index (κ2) is 28.6. The third-order valence-electron chi connectivity index (χ3n) is 6.67. The average molecular weight is 603 g/mol. The summed E-state index contributed by atoms with van der Waals surface area (Å²) in [6.07, 6.45) is 28.0. The van der Waals surface area contributed by atoms with E-state index in [0.29, 0.717) is 6.42 Å². The zero-order valence-corrected chi connectivity index (χ0v) is 27.1. The highest BCUT2D eigenvalue weighted by Gasteiger charge is 2.24. The first-order chi connectivity index (χ1) is 19.8. The Morgan fingerprint density at radius 1 is 0.659 bits per heavy atom. The van der Waals surface area contributed by atoms with Crippen molar-refractivity contribution in [2.75, 3.05) is 20.3 Å². The lowest BCUT2D eigenvalue weighted by Crippen LogP contribution is -2.29. The molecule has 0 spiro atoms. The van der Waals surface area contributed by atoms with Crippen molar-refractivity contribution in [1.29, 1.82) is 0 Å². The minimum atomic E-state index is -4.25. The van der Waals surface area contributed by atoms with E-state index in [0.717, 1.165) is 90.6 Å². The first-order valence-corrected chi connectivity index (χ1v) is 17.5. The first-order valence-electron chi connectivity index (χ1n) is 16.0. The smallest absolute Gasteiger partial charge is 0.462 e. The zero-order valence-electron chi connectivity index (χ0n) is 26.2. The standard InChI is InChI=1S/C32H59O8P/c1-4-6-8-10-12-14-16-18-20-22-24-26-31(33)38-28-30(29-39-41(35,36)37-3)40-32(34)27-25-23-21-19-17-15-13-11-9-7-5-2/h10-13,30H,4-9,14-29H2,1-3H3,(H,35,36)/b12-10-,13-11-. The van der Waals surface area contributed by atoms with Crippen LogP contribution in [-0.4, -0.2) is 43.3 Å². The van der Waals surface area contributed by atoms with Crippen molar-refractivity contribution in [3.8, 4) is 0 Å². The van der Waals surface area contributed by atoms with Gasteiger partial charge in [-0.2, -0.15) is 0 Å². The van der Waals surface area contributed by atoms with Crippen LogP contribution < -0.4 is 0 Å². The van der Waals surface area contributed by atoms with Gasteiger partial charge in [-0.3, -0.25) is 18.6 Å². The van der Waals surface area contributed by atoms with Crippen LogP contribution in [0.2, 0.25) is 0 Å². The maximum absolute atomic E-state index is 12.3. The van der Waals surface area contributed by atoms with E-state index >= 15 is 0 Å². The Morgan fingerprint density at radius 2 is 1.10 bits per heavy atom. The molecule has 0 amide bonds. The zero-order chi connectivity index (χ0) is 30.4. The summed E-state index contributed by atoms with van der Waals surface area (Å²) in [6, 6.07) is 0. The number of unbranched alkanes of at least 4 members (excludes halogenated alkanes) is 14. The summed E-state index contributed by atoms with van der Waals surface area (Å²) in [7, 11) is -3.20. The van der Waals surface area contributed by atoms with Gasteiger partial charge in [0.05, 0.1) is 6.61 Å². The maximum atomic E-state index is 12.3. The number of phosphoric ester groups is 1. The number of ether oxygens (including phenoxy) is 2. The van der Waals surface area contributed by atoms with Gasteiger partial charge in [0.25, 0.3) is 0 Å². The molecule has 0 radical (unpaired) electrons. The molecule has 0 bridgehead atoms. The van der Waals surface area contributed by atoms with Gasteiger partial charge in [0.15, 0.2) is 6.10 Å². The highest BCUT2D eigenvalue weighted by Crippen LogP contribution is 2.42. The SMILES string of the molecule is CCCC/C=C\CCCCCCCC(=O)OCC(COP(=O)(O)OC)OC(=O)CCCCCCC/C=C\CCCC. The van der Waals surface area contributed by atoms with E-state index in [9.17, 15) is 19.0 Å². The number of allylic oxidation sites excluding steroid dienone is 4. The summed E-state index contributed by atoms with van der Waals surface area (Å²) < 4.78 is 31.6. The lowest BCUT2D eigenvalue weighted by molar-refractivity contribution is -0.161. The molecule has 0 aliphatic heterocycles. The maximum Gasteiger partial charge on any atom is 0.472 e. The molecular formula is C32H59O8P. The van der Waals surface area contributed by atoms with E-state index in [4.69, 9.17) is 14.0 Å². The highest BCUT2D eigenvalue weighted by atomic mass is 31.2. The first kappa shape index (κ1) is 39.5. The summed E-state index contributed by atoms with van der Waals surface area (Å²) in [6.45, 7) is 3.76. The fourth-order valence-electron chi connectivity index (χ4n) is 4.09. The molecule has 0 rings (SSSR count). The fourth-order valence-corrected chi connectivity index (χ4v) is 4.55. The van der Waals surface area contributed by atoms with Crippen LogP contribution in [-0.2, 0) is 32.7 Å². The van der Waals surface area contributed by atoms with Gasteiger partial charge in [-0.1, -0.05) is 102 Å². The summed E-state index contributed by atoms with van der Waals surface area (Å²) in [4.78, 5) is 34.1. The van der Waals surface area contributed by atoms with Gasteiger partial charge < -0.3 is 14.4 Å². The largest absolute Gasteiger partial charge is 0.472 e. The monoisotopic (exact) mass is 602 g/mol. The van der Waals surface area contributed by atoms with E-state index in [2.05, 4.69) is 42.7 Å². The Morgan fingerprint density at radius 3 is 1.59 bits per heavy atom. The van der Waals surface area contributed by atoms with Crippen molar-refractivity contribution in [1.82, 2.24) is 0 Å². The molecule has 0 aliphatic carbocycles. The molecule has 0 aliphatic rings. The van der Waals surface area contributed by atoms with Crippen molar-refractivity contribution in [3.63, 3.8) is 0 Å². The summed E-state index contributed by atoms with van der Waals surface area (Å²) in [5.74, 6) is -0.831. The van der Waals surface area contributed by atoms with E-state index in [1.807, 2.05) is 0 Å². The van der Waals surface area contributed by atoms with E-state index in [1.165, 1.54) is 25.7 Å². The molecule has 0 heterocycles. The average Bonchev–Trinajstić information content (AvgIpc) is 2.96. The second-order valence-corrected chi connectivity index (χ2v) is 12.1. The number of carbonyl (C=O) groups is 2. The number of phosphoric acid groups is 1. The van der Waals surface area contributed by atoms with Gasteiger partial charge in [0.1, 0.15) is 6.61 Å². The van der Waals surface area contributed by atoms with Crippen molar-refractivity contribution in [2.24, 2.45) is 0 Å². The molecule has 0 aromatic carbocycles. The normalized spacial score (nSPS) is 14.0. The minimum absolute atomic E-state index is 0.232. The van der Waals surface area contributed by atoms with Gasteiger partial charge in [-0.25, -0.2) is 4.57 Å². The molecule has 41 heavy (non-hydrogen) atoms. The Kier molecular flexibility index (Phi) is 27.6. The van der Waals surface area contributed by atoms with Crippen LogP contribution in [0.5, 0.6) is 0 Å². The van der Waals surface area contributed by atoms with E-state index in [1.54, 1.807) is 0 Å². The molecule has 9 heteroatoms. The van der Waals surface area contributed by atoms with Gasteiger partial charge in [0, 0.05) is 20.0 Å². The van der Waals surface area contributed by atoms with Gasteiger partial charge in [-0.05, 0) is 51.4 Å². The van der Waals surface area contributed by atoms with Crippen LogP contribution in [0.1, 0.15) is 142 Å². The van der Waals surface area contributed by atoms with Crippen molar-refractivity contribution < 1.29 is 37.6 Å². The molecule has 2 atom stereocenters. The number of carbonyl (C=O) groups excluding carboxylic acids is 2. The molecular weight excluding hydrogens is 543 g/mol. The Labute approximate surface area is 250 Å². The van der Waals surface area contributed by atoms with Crippen LogP contribution >= 0.6 is 7.82 Å². The predicted molar refractivity (Wildman–Crippen MR) is 166 cm³/mol. The molecule has 0 aromatic heterocycles. The Balaban J connectivity index is 4.18. The lowest BCUT2D eigenvalue weighted by atomic mass is 10.1. The van der Waals surface area contributed by atoms with Gasteiger partial charge in [-0.15, -0.1) is 0 Å². The van der Waals surface area contributed by atoms with Gasteiger partial charge in [0.2, 0.25) is 0 Å². The van der Waals surface area contributed by atoms with Crippen molar-refractivity contribution in [3.05, 3.63) is 24.3 Å². The summed E-state index contributed by atoms with van der Waals surface area (Å²) in [5, 5.41) is 0. The second-order valence-electron chi connectivity index (χ2n) is 10.6.